The Bertz CT molecular complexity index is 189. The van der Waals surface area contributed by atoms with E-state index in [0.29, 0.717) is 13.2 Å². The van der Waals surface area contributed by atoms with Crippen molar-refractivity contribution in [3.63, 3.8) is 0 Å². The summed E-state index contributed by atoms with van der Waals surface area (Å²) in [6.45, 7) is 4.31. The van der Waals surface area contributed by atoms with E-state index in [0.717, 1.165) is 0 Å². The van der Waals surface area contributed by atoms with Gasteiger partial charge in [-0.05, 0) is 13.8 Å². The Morgan fingerprint density at radius 3 is 2.25 bits per heavy atom. The van der Waals surface area contributed by atoms with Gasteiger partial charge in [0.25, 0.3) is 0 Å². The molecule has 0 radical (unpaired) electrons. The van der Waals surface area contributed by atoms with Crippen molar-refractivity contribution in [2.75, 3.05) is 19.8 Å². The van der Waals surface area contributed by atoms with Crippen LogP contribution in [-0.4, -0.2) is 19.8 Å². The minimum atomic E-state index is -3.13. The Labute approximate surface area is 73.2 Å². The van der Waals surface area contributed by atoms with Crippen LogP contribution in [0.15, 0.2) is 0 Å². The zero-order valence-corrected chi connectivity index (χ0v) is 8.27. The molecule has 0 rings (SSSR count). The van der Waals surface area contributed by atoms with Gasteiger partial charge in [0.1, 0.15) is 0 Å². The van der Waals surface area contributed by atoms with E-state index in [2.05, 4.69) is 11.0 Å². The molecule has 0 aromatic heterocycles. The van der Waals surface area contributed by atoms with Crippen LogP contribution in [0.4, 0.5) is 0 Å². The second kappa shape index (κ2) is 6.22. The van der Waals surface area contributed by atoms with Crippen molar-refractivity contribution in [3.8, 4) is 12.3 Å². The zero-order valence-electron chi connectivity index (χ0n) is 7.37. The summed E-state index contributed by atoms with van der Waals surface area (Å²) in [5.74, 6) is 2.30. The van der Waals surface area contributed by atoms with Crippen molar-refractivity contribution in [2.45, 2.75) is 13.8 Å². The molecule has 0 spiro atoms. The molecule has 0 unspecified atom stereocenters. The zero-order chi connectivity index (χ0) is 9.45. The molecular formula is C7H14NO3P. The molecule has 12 heavy (non-hydrogen) atoms. The largest absolute Gasteiger partial charge is 0.406 e. The van der Waals surface area contributed by atoms with Crippen molar-refractivity contribution in [1.29, 1.82) is 0 Å². The Balaban J connectivity index is 4.01. The van der Waals surface area contributed by atoms with Gasteiger partial charge in [-0.3, -0.25) is 9.05 Å². The van der Waals surface area contributed by atoms with E-state index in [1.165, 1.54) is 0 Å². The van der Waals surface area contributed by atoms with Crippen molar-refractivity contribution in [2.24, 2.45) is 0 Å². The lowest BCUT2D eigenvalue weighted by atomic mass is 10.7. The maximum absolute atomic E-state index is 11.5. The van der Waals surface area contributed by atoms with Crippen LogP contribution in [0.3, 0.4) is 0 Å². The average molecular weight is 191 g/mol. The third kappa shape index (κ3) is 4.53. The first-order chi connectivity index (χ1) is 5.68. The van der Waals surface area contributed by atoms with Gasteiger partial charge in [0.2, 0.25) is 0 Å². The highest BCUT2D eigenvalue weighted by Gasteiger charge is 2.21. The standard InChI is InChI=1S/C7H14NO3P/c1-4-7-8-12(9,10-5-2)11-6-3/h1H,5-7H2,2-3H3,(H,8,9). The predicted octanol–water partition coefficient (Wildman–Crippen LogP) is 1.39. The molecule has 5 heteroatoms. The van der Waals surface area contributed by atoms with Crippen LogP contribution in [0.5, 0.6) is 0 Å². The molecule has 0 aliphatic heterocycles. The molecule has 0 amide bonds. The number of rotatable bonds is 6. The number of hydrogen-bond acceptors (Lipinski definition) is 3. The first kappa shape index (κ1) is 11.7. The topological polar surface area (TPSA) is 47.6 Å². The van der Waals surface area contributed by atoms with Crippen LogP contribution in [0.2, 0.25) is 0 Å². The minimum Gasteiger partial charge on any atom is -0.297 e. The van der Waals surface area contributed by atoms with Crippen LogP contribution in [-0.2, 0) is 13.6 Å². The van der Waals surface area contributed by atoms with E-state index < -0.39 is 7.75 Å². The van der Waals surface area contributed by atoms with Crippen LogP contribution < -0.4 is 5.09 Å². The lowest BCUT2D eigenvalue weighted by Crippen LogP contribution is -2.15. The highest BCUT2D eigenvalue weighted by atomic mass is 31.2. The molecule has 0 aliphatic rings. The van der Waals surface area contributed by atoms with Gasteiger partial charge in [0.05, 0.1) is 19.8 Å². The Kier molecular flexibility index (Phi) is 6.04. The lowest BCUT2D eigenvalue weighted by Gasteiger charge is -2.15. The van der Waals surface area contributed by atoms with Gasteiger partial charge in [-0.25, -0.2) is 9.65 Å². The molecule has 0 saturated heterocycles. The normalized spacial score (nSPS) is 11.1. The van der Waals surface area contributed by atoms with E-state index >= 15 is 0 Å². The first-order valence-electron chi connectivity index (χ1n) is 3.76. The molecule has 0 aromatic rings. The smallest absolute Gasteiger partial charge is 0.297 e. The summed E-state index contributed by atoms with van der Waals surface area (Å²) >= 11 is 0. The first-order valence-corrected chi connectivity index (χ1v) is 5.30. The van der Waals surface area contributed by atoms with Gasteiger partial charge in [-0.1, -0.05) is 5.92 Å². The van der Waals surface area contributed by atoms with Gasteiger partial charge >= 0.3 is 7.75 Å². The minimum absolute atomic E-state index is 0.178. The van der Waals surface area contributed by atoms with Gasteiger partial charge in [0.15, 0.2) is 0 Å². The van der Waals surface area contributed by atoms with Crippen LogP contribution in [0.25, 0.3) is 0 Å². The molecule has 0 saturated carbocycles. The summed E-state index contributed by atoms with van der Waals surface area (Å²) in [5.41, 5.74) is 0. The van der Waals surface area contributed by atoms with Crippen LogP contribution >= 0.6 is 7.75 Å². The van der Waals surface area contributed by atoms with E-state index in [4.69, 9.17) is 15.5 Å². The maximum Gasteiger partial charge on any atom is 0.406 e. The molecule has 0 atom stereocenters. The number of nitrogens with one attached hydrogen (secondary N) is 1. The third-order valence-electron chi connectivity index (χ3n) is 0.973. The number of terminal acetylenes is 1. The average Bonchev–Trinajstić information content (AvgIpc) is 2.02. The summed E-state index contributed by atoms with van der Waals surface area (Å²) in [6.07, 6.45) is 4.98. The monoisotopic (exact) mass is 191 g/mol. The van der Waals surface area contributed by atoms with Crippen LogP contribution in [0.1, 0.15) is 13.8 Å². The fraction of sp³-hybridized carbons (Fsp3) is 0.714. The second-order valence-corrected chi connectivity index (χ2v) is 3.70. The molecule has 0 aliphatic carbocycles. The van der Waals surface area contributed by atoms with Gasteiger partial charge < -0.3 is 0 Å². The summed E-state index contributed by atoms with van der Waals surface area (Å²) in [4.78, 5) is 0. The van der Waals surface area contributed by atoms with Crippen molar-refractivity contribution < 1.29 is 13.6 Å². The Morgan fingerprint density at radius 1 is 1.42 bits per heavy atom. The molecular weight excluding hydrogens is 177 g/mol. The molecule has 70 valence electrons. The highest BCUT2D eigenvalue weighted by molar-refractivity contribution is 7.51. The van der Waals surface area contributed by atoms with Crippen LogP contribution in [0, 0.1) is 12.3 Å². The van der Waals surface area contributed by atoms with E-state index in [1.807, 2.05) is 0 Å². The fourth-order valence-electron chi connectivity index (χ4n) is 0.611. The predicted molar refractivity (Wildman–Crippen MR) is 47.7 cm³/mol. The SMILES string of the molecule is C#CCNP(=O)(OCC)OCC. The van der Waals surface area contributed by atoms with Gasteiger partial charge in [-0.2, -0.15) is 0 Å². The number of hydrogen-bond donors (Lipinski definition) is 1. The van der Waals surface area contributed by atoms with Gasteiger partial charge in [-0.15, -0.1) is 6.42 Å². The van der Waals surface area contributed by atoms with E-state index in [-0.39, 0.29) is 6.54 Å². The second-order valence-electron chi connectivity index (χ2n) is 1.87. The van der Waals surface area contributed by atoms with E-state index in [9.17, 15) is 4.57 Å². The summed E-state index contributed by atoms with van der Waals surface area (Å²) < 4.78 is 21.3. The van der Waals surface area contributed by atoms with E-state index in [1.54, 1.807) is 13.8 Å². The Morgan fingerprint density at radius 2 is 1.92 bits per heavy atom. The Hall–Kier alpha value is -0.330. The molecule has 0 bridgehead atoms. The van der Waals surface area contributed by atoms with Gasteiger partial charge in [0, 0.05) is 0 Å². The summed E-state index contributed by atoms with van der Waals surface area (Å²) in [5, 5.41) is 2.52. The van der Waals surface area contributed by atoms with Crippen molar-refractivity contribution in [1.82, 2.24) is 5.09 Å². The summed E-state index contributed by atoms with van der Waals surface area (Å²) in [6, 6.07) is 0. The molecule has 1 N–H and O–H groups in total. The third-order valence-corrected chi connectivity index (χ3v) is 2.71. The fourth-order valence-corrected chi connectivity index (χ4v) is 1.83. The highest BCUT2D eigenvalue weighted by Crippen LogP contribution is 2.42. The quantitative estimate of drug-likeness (QED) is 0.509. The molecule has 0 aromatic carbocycles. The maximum atomic E-state index is 11.5. The summed E-state index contributed by atoms with van der Waals surface area (Å²) in [7, 11) is -3.13. The van der Waals surface area contributed by atoms with Crippen molar-refractivity contribution in [3.05, 3.63) is 0 Å². The van der Waals surface area contributed by atoms with Crippen molar-refractivity contribution >= 4 is 7.75 Å². The molecule has 4 nitrogen and oxygen atoms in total. The molecule has 0 heterocycles. The lowest BCUT2D eigenvalue weighted by molar-refractivity contribution is 0.212. The molecule has 0 fully saturated rings.